The highest BCUT2D eigenvalue weighted by Crippen LogP contribution is 2.21. The molecule has 0 unspecified atom stereocenters. The summed E-state index contributed by atoms with van der Waals surface area (Å²) in [7, 11) is 0. The minimum atomic E-state index is -0.119. The standard InChI is InChI=1S/C11H9BrN2OS/c12-10-5-7(6-16-10)11(15)14-9-3-1-8(13)2-4-9/h1-6H,13H2,(H,14,15). The molecular weight excluding hydrogens is 288 g/mol. The van der Waals surface area contributed by atoms with Gasteiger partial charge >= 0.3 is 0 Å². The molecule has 3 nitrogen and oxygen atoms in total. The van der Waals surface area contributed by atoms with Crippen molar-refractivity contribution in [2.75, 3.05) is 11.1 Å². The lowest BCUT2D eigenvalue weighted by Gasteiger charge is -2.03. The number of anilines is 2. The summed E-state index contributed by atoms with van der Waals surface area (Å²) >= 11 is 4.80. The van der Waals surface area contributed by atoms with Gasteiger partial charge in [-0.2, -0.15) is 0 Å². The molecule has 0 radical (unpaired) electrons. The van der Waals surface area contributed by atoms with Crippen LogP contribution in [0.1, 0.15) is 10.4 Å². The van der Waals surface area contributed by atoms with Gasteiger partial charge in [-0.3, -0.25) is 4.79 Å². The van der Waals surface area contributed by atoms with Gasteiger partial charge in [0.2, 0.25) is 0 Å². The summed E-state index contributed by atoms with van der Waals surface area (Å²) in [5, 5.41) is 4.59. The molecular formula is C11H9BrN2OS. The zero-order chi connectivity index (χ0) is 11.5. The molecule has 1 aromatic carbocycles. The second kappa shape index (κ2) is 4.67. The second-order valence-corrected chi connectivity index (χ2v) is 5.51. The van der Waals surface area contributed by atoms with Gasteiger partial charge < -0.3 is 11.1 Å². The summed E-state index contributed by atoms with van der Waals surface area (Å²) in [5.74, 6) is -0.119. The Bertz CT molecular complexity index is 507. The molecule has 0 aliphatic carbocycles. The van der Waals surface area contributed by atoms with E-state index in [4.69, 9.17) is 5.73 Å². The van der Waals surface area contributed by atoms with Crippen LogP contribution in [0.5, 0.6) is 0 Å². The third kappa shape index (κ3) is 2.62. The molecule has 5 heteroatoms. The Hall–Kier alpha value is -1.33. The van der Waals surface area contributed by atoms with Gasteiger partial charge in [0.05, 0.1) is 9.35 Å². The van der Waals surface area contributed by atoms with Crippen LogP contribution in [0.15, 0.2) is 39.5 Å². The number of nitrogens with two attached hydrogens (primary N) is 1. The molecule has 2 rings (SSSR count). The van der Waals surface area contributed by atoms with E-state index < -0.39 is 0 Å². The average molecular weight is 297 g/mol. The summed E-state index contributed by atoms with van der Waals surface area (Å²) in [4.78, 5) is 11.8. The molecule has 82 valence electrons. The highest BCUT2D eigenvalue weighted by Gasteiger charge is 2.07. The van der Waals surface area contributed by atoms with Crippen LogP contribution in [-0.4, -0.2) is 5.91 Å². The van der Waals surface area contributed by atoms with Crippen LogP contribution in [0.25, 0.3) is 0 Å². The van der Waals surface area contributed by atoms with Gasteiger partial charge in [0.25, 0.3) is 5.91 Å². The molecule has 1 heterocycles. The number of nitrogen functional groups attached to an aromatic ring is 1. The first kappa shape index (κ1) is 11.2. The Morgan fingerprint density at radius 1 is 1.31 bits per heavy atom. The van der Waals surface area contributed by atoms with Gasteiger partial charge in [0.15, 0.2) is 0 Å². The average Bonchev–Trinajstić information content (AvgIpc) is 2.68. The third-order valence-electron chi connectivity index (χ3n) is 2.00. The number of nitrogens with one attached hydrogen (secondary N) is 1. The predicted octanol–water partition coefficient (Wildman–Crippen LogP) is 3.35. The van der Waals surface area contributed by atoms with Gasteiger partial charge in [-0.1, -0.05) is 0 Å². The minimum absolute atomic E-state index is 0.119. The topological polar surface area (TPSA) is 55.1 Å². The fourth-order valence-electron chi connectivity index (χ4n) is 1.20. The number of hydrogen-bond acceptors (Lipinski definition) is 3. The molecule has 0 saturated carbocycles. The van der Waals surface area contributed by atoms with Crippen LogP contribution in [0.2, 0.25) is 0 Å². The maximum atomic E-state index is 11.8. The molecule has 0 aliphatic heterocycles. The van der Waals surface area contributed by atoms with Gasteiger partial charge in [-0.25, -0.2) is 0 Å². The number of carbonyl (C=O) groups excluding carboxylic acids is 1. The van der Waals surface area contributed by atoms with E-state index in [1.165, 1.54) is 11.3 Å². The number of thiophene rings is 1. The lowest BCUT2D eigenvalue weighted by atomic mass is 10.2. The molecule has 0 aliphatic rings. The number of carbonyl (C=O) groups is 1. The van der Waals surface area contributed by atoms with Crippen molar-refractivity contribution < 1.29 is 4.79 Å². The van der Waals surface area contributed by atoms with Gasteiger partial charge in [-0.05, 0) is 46.3 Å². The van der Waals surface area contributed by atoms with E-state index in [9.17, 15) is 4.79 Å². The molecule has 0 fully saturated rings. The van der Waals surface area contributed by atoms with Crippen molar-refractivity contribution in [2.45, 2.75) is 0 Å². The van der Waals surface area contributed by atoms with Crippen molar-refractivity contribution in [3.05, 3.63) is 45.1 Å². The number of benzene rings is 1. The molecule has 16 heavy (non-hydrogen) atoms. The van der Waals surface area contributed by atoms with Crippen molar-refractivity contribution in [1.82, 2.24) is 0 Å². The molecule has 1 aromatic heterocycles. The first-order valence-electron chi connectivity index (χ1n) is 4.56. The predicted molar refractivity (Wildman–Crippen MR) is 70.8 cm³/mol. The zero-order valence-corrected chi connectivity index (χ0v) is 10.6. The second-order valence-electron chi connectivity index (χ2n) is 3.22. The molecule has 0 spiro atoms. The van der Waals surface area contributed by atoms with E-state index in [0.717, 1.165) is 9.47 Å². The molecule has 1 amide bonds. The van der Waals surface area contributed by atoms with Crippen molar-refractivity contribution in [1.29, 1.82) is 0 Å². The Kier molecular flexibility index (Phi) is 3.26. The monoisotopic (exact) mass is 296 g/mol. The summed E-state index contributed by atoms with van der Waals surface area (Å²) < 4.78 is 0.940. The maximum Gasteiger partial charge on any atom is 0.256 e. The van der Waals surface area contributed by atoms with Crippen LogP contribution in [0, 0.1) is 0 Å². The molecule has 0 saturated heterocycles. The van der Waals surface area contributed by atoms with Gasteiger partial charge in [-0.15, -0.1) is 11.3 Å². The molecule has 0 bridgehead atoms. The van der Waals surface area contributed by atoms with E-state index in [-0.39, 0.29) is 5.91 Å². The largest absolute Gasteiger partial charge is 0.399 e. The highest BCUT2D eigenvalue weighted by atomic mass is 79.9. The smallest absolute Gasteiger partial charge is 0.256 e. The Balaban J connectivity index is 2.10. The SMILES string of the molecule is Nc1ccc(NC(=O)c2csc(Br)c2)cc1. The van der Waals surface area contributed by atoms with Crippen LogP contribution in [-0.2, 0) is 0 Å². The third-order valence-corrected chi connectivity index (χ3v) is 3.50. The lowest BCUT2D eigenvalue weighted by molar-refractivity contribution is 0.102. The first-order valence-corrected chi connectivity index (χ1v) is 6.23. The van der Waals surface area contributed by atoms with E-state index in [1.807, 2.05) is 0 Å². The molecule has 3 N–H and O–H groups in total. The number of hydrogen-bond donors (Lipinski definition) is 2. The highest BCUT2D eigenvalue weighted by molar-refractivity contribution is 9.11. The van der Waals surface area contributed by atoms with Crippen molar-refractivity contribution in [3.8, 4) is 0 Å². The van der Waals surface area contributed by atoms with E-state index >= 15 is 0 Å². The summed E-state index contributed by atoms with van der Waals surface area (Å²) in [6, 6.07) is 8.83. The first-order chi connectivity index (χ1) is 7.65. The zero-order valence-electron chi connectivity index (χ0n) is 8.24. The van der Waals surface area contributed by atoms with E-state index in [1.54, 1.807) is 35.7 Å². The number of halogens is 1. The Labute approximate surface area is 105 Å². The lowest BCUT2D eigenvalue weighted by Crippen LogP contribution is -2.10. The maximum absolute atomic E-state index is 11.8. The summed E-state index contributed by atoms with van der Waals surface area (Å²) in [6.07, 6.45) is 0. The minimum Gasteiger partial charge on any atom is -0.399 e. The van der Waals surface area contributed by atoms with E-state index in [0.29, 0.717) is 11.3 Å². The fourth-order valence-corrected chi connectivity index (χ4v) is 2.34. The van der Waals surface area contributed by atoms with Crippen LogP contribution >= 0.6 is 27.3 Å². The van der Waals surface area contributed by atoms with Crippen LogP contribution in [0.3, 0.4) is 0 Å². The van der Waals surface area contributed by atoms with E-state index in [2.05, 4.69) is 21.2 Å². The van der Waals surface area contributed by atoms with Crippen LogP contribution in [0.4, 0.5) is 11.4 Å². The van der Waals surface area contributed by atoms with Crippen LogP contribution < -0.4 is 11.1 Å². The Morgan fingerprint density at radius 2 is 2.00 bits per heavy atom. The molecule has 2 aromatic rings. The van der Waals surface area contributed by atoms with Crippen molar-refractivity contribution in [2.24, 2.45) is 0 Å². The normalized spacial score (nSPS) is 10.1. The quantitative estimate of drug-likeness (QED) is 0.835. The van der Waals surface area contributed by atoms with Crippen molar-refractivity contribution >= 4 is 44.5 Å². The number of amides is 1. The number of rotatable bonds is 2. The van der Waals surface area contributed by atoms with Gasteiger partial charge in [0.1, 0.15) is 0 Å². The summed E-state index contributed by atoms with van der Waals surface area (Å²) in [5.41, 5.74) is 7.62. The molecule has 0 atom stereocenters. The summed E-state index contributed by atoms with van der Waals surface area (Å²) in [6.45, 7) is 0. The Morgan fingerprint density at radius 3 is 2.56 bits per heavy atom. The van der Waals surface area contributed by atoms with Crippen molar-refractivity contribution in [3.63, 3.8) is 0 Å². The van der Waals surface area contributed by atoms with Gasteiger partial charge in [0, 0.05) is 16.8 Å². The fraction of sp³-hybridized carbons (Fsp3) is 0.